The molecule has 11 heteroatoms. The molecule has 5 heterocycles. The molecule has 0 bridgehead atoms. The van der Waals surface area contributed by atoms with Crippen LogP contribution in [0.25, 0.3) is 22.3 Å². The average Bonchev–Trinajstić information content (AvgIpc) is 3.29. The standard InChI is InChI=1S/C29H23FN4O6/c1-12-14-4-6-19(33-26(36)20-5-3-13(35)9-31-20)24-15-10-34-22(25(15)32-21(23(14)24)8-18(12)30)7-17-16(27(34)37)11-40-28(38)29(17,2)39/h3,5,7-9,19,35,39H,4,6,10-11H2,1-2H3,(H,33,36)/t19-,29-/m0/s1. The Kier molecular flexibility index (Phi) is 4.99. The molecule has 40 heavy (non-hydrogen) atoms. The monoisotopic (exact) mass is 542 g/mol. The lowest BCUT2D eigenvalue weighted by Crippen LogP contribution is -2.42. The second kappa shape index (κ2) is 8.18. The first kappa shape index (κ1) is 24.4. The number of amides is 1. The van der Waals surface area contributed by atoms with E-state index in [1.807, 2.05) is 0 Å². The van der Waals surface area contributed by atoms with E-state index in [4.69, 9.17) is 9.72 Å². The highest BCUT2D eigenvalue weighted by atomic mass is 19.1. The van der Waals surface area contributed by atoms with Crippen molar-refractivity contribution in [3.63, 3.8) is 0 Å². The smallest absolute Gasteiger partial charge is 0.342 e. The van der Waals surface area contributed by atoms with Gasteiger partial charge in [0.15, 0.2) is 5.60 Å². The van der Waals surface area contributed by atoms with Crippen molar-refractivity contribution in [2.75, 3.05) is 0 Å². The van der Waals surface area contributed by atoms with E-state index in [2.05, 4.69) is 10.3 Å². The number of pyridine rings is 3. The summed E-state index contributed by atoms with van der Waals surface area (Å²) in [5, 5.41) is 24.2. The molecule has 7 rings (SSSR count). The maximum absolute atomic E-state index is 15.0. The number of rotatable bonds is 2. The average molecular weight is 543 g/mol. The molecule has 1 aliphatic carbocycles. The minimum Gasteiger partial charge on any atom is -0.506 e. The molecule has 10 nitrogen and oxygen atoms in total. The van der Waals surface area contributed by atoms with E-state index in [1.54, 1.807) is 13.0 Å². The number of benzene rings is 1. The lowest BCUT2D eigenvalue weighted by atomic mass is 9.81. The van der Waals surface area contributed by atoms with Gasteiger partial charge in [-0.3, -0.25) is 9.59 Å². The maximum atomic E-state index is 15.0. The molecule has 0 saturated carbocycles. The number of fused-ring (bicyclic) bond motifs is 5. The molecule has 4 aromatic rings. The fourth-order valence-electron chi connectivity index (χ4n) is 6.20. The van der Waals surface area contributed by atoms with Gasteiger partial charge in [0.2, 0.25) is 0 Å². The molecule has 1 aromatic carbocycles. The van der Waals surface area contributed by atoms with Crippen LogP contribution in [0.1, 0.15) is 63.3 Å². The summed E-state index contributed by atoms with van der Waals surface area (Å²) in [7, 11) is 0. The number of cyclic esters (lactones) is 1. The number of nitrogens with zero attached hydrogens (tertiary/aromatic N) is 3. The summed E-state index contributed by atoms with van der Waals surface area (Å²) in [6.45, 7) is 2.89. The number of carbonyl (C=O) groups is 2. The fraction of sp³-hybridized carbons (Fsp3) is 0.276. The zero-order valence-corrected chi connectivity index (χ0v) is 21.5. The third kappa shape index (κ3) is 3.27. The quantitative estimate of drug-likeness (QED) is 0.289. The van der Waals surface area contributed by atoms with Crippen molar-refractivity contribution in [1.82, 2.24) is 19.9 Å². The van der Waals surface area contributed by atoms with E-state index < -0.39 is 34.9 Å². The minimum absolute atomic E-state index is 0.0636. The molecule has 0 spiro atoms. The second-order valence-electron chi connectivity index (χ2n) is 10.6. The number of hydrogen-bond donors (Lipinski definition) is 3. The third-order valence-corrected chi connectivity index (χ3v) is 8.29. The number of ether oxygens (including phenoxy) is 1. The van der Waals surface area contributed by atoms with Gasteiger partial charge in [-0.2, -0.15) is 0 Å². The summed E-state index contributed by atoms with van der Waals surface area (Å²) in [6, 6.07) is 5.24. The number of aryl methyl sites for hydroxylation is 1. The first-order valence-corrected chi connectivity index (χ1v) is 12.8. The fourth-order valence-corrected chi connectivity index (χ4v) is 6.20. The van der Waals surface area contributed by atoms with Crippen LogP contribution in [0, 0.1) is 12.7 Å². The first-order chi connectivity index (χ1) is 19.1. The molecule has 0 unspecified atom stereocenters. The Balaban J connectivity index is 1.45. The zero-order chi connectivity index (χ0) is 28.1. The summed E-state index contributed by atoms with van der Waals surface area (Å²) in [4.78, 5) is 47.9. The molecule has 0 saturated heterocycles. The molecule has 202 valence electrons. The van der Waals surface area contributed by atoms with E-state index in [-0.39, 0.29) is 35.7 Å². The van der Waals surface area contributed by atoms with Gasteiger partial charge < -0.3 is 24.8 Å². The summed E-state index contributed by atoms with van der Waals surface area (Å²) < 4.78 is 21.6. The van der Waals surface area contributed by atoms with Crippen LogP contribution in [0.2, 0.25) is 0 Å². The highest BCUT2D eigenvalue weighted by Gasteiger charge is 2.43. The van der Waals surface area contributed by atoms with Crippen molar-refractivity contribution >= 4 is 22.8 Å². The SMILES string of the molecule is Cc1c(F)cc2nc3c(c4c2c1CC[C@@H]4NC(=O)c1ccc(O)cn1)Cn1c-3cc2c(c1=O)COC(=O)[C@@]2(C)O. The Morgan fingerprint density at radius 2 is 2.02 bits per heavy atom. The first-order valence-electron chi connectivity index (χ1n) is 12.8. The van der Waals surface area contributed by atoms with Crippen LogP contribution in [0.4, 0.5) is 4.39 Å². The van der Waals surface area contributed by atoms with Crippen LogP contribution in [-0.4, -0.2) is 36.6 Å². The van der Waals surface area contributed by atoms with Crippen molar-refractivity contribution in [1.29, 1.82) is 0 Å². The normalized spacial score (nSPS) is 20.5. The summed E-state index contributed by atoms with van der Waals surface area (Å²) >= 11 is 0. The molecule has 3 aromatic heterocycles. The van der Waals surface area contributed by atoms with Crippen LogP contribution in [-0.2, 0) is 34.7 Å². The molecule has 2 atom stereocenters. The number of aromatic nitrogens is 3. The molecule has 3 aliphatic rings. The van der Waals surface area contributed by atoms with Crippen LogP contribution in [0.5, 0.6) is 5.75 Å². The molecule has 3 N–H and O–H groups in total. The van der Waals surface area contributed by atoms with Gasteiger partial charge in [0.1, 0.15) is 23.9 Å². The van der Waals surface area contributed by atoms with Crippen LogP contribution in [0.15, 0.2) is 35.3 Å². The molecular weight excluding hydrogens is 519 g/mol. The van der Waals surface area contributed by atoms with Gasteiger partial charge in [-0.05, 0) is 61.6 Å². The minimum atomic E-state index is -2.01. The van der Waals surface area contributed by atoms with Gasteiger partial charge in [0.25, 0.3) is 11.5 Å². The topological polar surface area (TPSA) is 144 Å². The van der Waals surface area contributed by atoms with Crippen molar-refractivity contribution in [3.8, 4) is 17.1 Å². The number of nitrogens with one attached hydrogen (secondary N) is 1. The van der Waals surface area contributed by atoms with Gasteiger partial charge in [-0.25, -0.2) is 19.2 Å². The lowest BCUT2D eigenvalue weighted by Gasteiger charge is -2.29. The van der Waals surface area contributed by atoms with Crippen molar-refractivity contribution in [2.24, 2.45) is 0 Å². The van der Waals surface area contributed by atoms with E-state index in [0.717, 1.165) is 16.5 Å². The zero-order valence-electron chi connectivity index (χ0n) is 21.5. The Hall–Kier alpha value is -4.64. The summed E-state index contributed by atoms with van der Waals surface area (Å²) in [5.74, 6) is -1.76. The third-order valence-electron chi connectivity index (χ3n) is 8.29. The van der Waals surface area contributed by atoms with Gasteiger partial charge >= 0.3 is 5.97 Å². The van der Waals surface area contributed by atoms with Crippen molar-refractivity contribution in [2.45, 2.75) is 51.5 Å². The van der Waals surface area contributed by atoms with E-state index in [9.17, 15) is 24.6 Å². The van der Waals surface area contributed by atoms with Gasteiger partial charge in [-0.15, -0.1) is 0 Å². The number of aromatic hydroxyl groups is 1. The molecule has 2 aliphatic heterocycles. The van der Waals surface area contributed by atoms with E-state index >= 15 is 4.39 Å². The van der Waals surface area contributed by atoms with Crippen LogP contribution < -0.4 is 10.9 Å². The Morgan fingerprint density at radius 1 is 1.23 bits per heavy atom. The van der Waals surface area contributed by atoms with Crippen molar-refractivity contribution in [3.05, 3.63) is 85.7 Å². The maximum Gasteiger partial charge on any atom is 0.342 e. The van der Waals surface area contributed by atoms with Gasteiger partial charge in [-0.1, -0.05) is 0 Å². The van der Waals surface area contributed by atoms with Crippen molar-refractivity contribution < 1.29 is 28.9 Å². The summed E-state index contributed by atoms with van der Waals surface area (Å²) in [6.07, 6.45) is 2.17. The lowest BCUT2D eigenvalue weighted by molar-refractivity contribution is -0.169. The highest BCUT2D eigenvalue weighted by molar-refractivity contribution is 5.96. The van der Waals surface area contributed by atoms with E-state index in [0.29, 0.717) is 40.9 Å². The predicted octanol–water partition coefficient (Wildman–Crippen LogP) is 2.65. The highest BCUT2D eigenvalue weighted by Crippen LogP contribution is 2.45. The molecule has 1 amide bonds. The van der Waals surface area contributed by atoms with E-state index in [1.165, 1.54) is 35.9 Å². The Bertz CT molecular complexity index is 1880. The van der Waals surface area contributed by atoms with Gasteiger partial charge in [0, 0.05) is 22.6 Å². The molecular formula is C29H23FN4O6. The Morgan fingerprint density at radius 3 is 2.77 bits per heavy atom. The summed E-state index contributed by atoms with van der Waals surface area (Å²) in [5.41, 5.74) is 2.01. The number of halogens is 1. The largest absolute Gasteiger partial charge is 0.506 e. The number of carbonyl (C=O) groups excluding carboxylic acids is 2. The number of aliphatic hydroxyl groups is 1. The number of hydrogen-bond acceptors (Lipinski definition) is 8. The Labute approximate surface area is 226 Å². The van der Waals surface area contributed by atoms with Crippen LogP contribution >= 0.6 is 0 Å². The van der Waals surface area contributed by atoms with Crippen LogP contribution in [0.3, 0.4) is 0 Å². The van der Waals surface area contributed by atoms with Gasteiger partial charge in [0.05, 0.1) is 41.3 Å². The molecule has 0 fully saturated rings. The molecule has 0 radical (unpaired) electrons. The predicted molar refractivity (Wildman–Crippen MR) is 139 cm³/mol. The number of esters is 1. The second-order valence-corrected chi connectivity index (χ2v) is 10.6.